The lowest BCUT2D eigenvalue weighted by atomic mass is 10.1. The van der Waals surface area contributed by atoms with Gasteiger partial charge >= 0.3 is 6.09 Å². The Morgan fingerprint density at radius 1 is 1.12 bits per heavy atom. The molecule has 34 heavy (non-hydrogen) atoms. The van der Waals surface area contributed by atoms with Crippen molar-refractivity contribution in [2.75, 3.05) is 30.0 Å². The van der Waals surface area contributed by atoms with Crippen molar-refractivity contribution in [2.45, 2.75) is 27.2 Å². The highest BCUT2D eigenvalue weighted by molar-refractivity contribution is 5.95. The Morgan fingerprint density at radius 2 is 1.82 bits per heavy atom. The Bertz CT molecular complexity index is 1300. The van der Waals surface area contributed by atoms with Gasteiger partial charge in [-0.15, -0.1) is 0 Å². The highest BCUT2D eigenvalue weighted by Gasteiger charge is 2.23. The number of carbonyl (C=O) groups is 1. The summed E-state index contributed by atoms with van der Waals surface area (Å²) >= 11 is 0. The molecule has 178 valence electrons. The van der Waals surface area contributed by atoms with Crippen molar-refractivity contribution in [2.24, 2.45) is 0 Å². The van der Waals surface area contributed by atoms with Crippen LogP contribution < -0.4 is 16.4 Å². The average Bonchev–Trinajstić information content (AvgIpc) is 3.17. The normalized spacial score (nSPS) is 10.7. The van der Waals surface area contributed by atoms with Gasteiger partial charge in [-0.05, 0) is 30.2 Å². The number of aromatic nitrogens is 5. The zero-order chi connectivity index (χ0) is 23.5. The molecular formula is C23H27FN8O2. The lowest BCUT2D eigenvalue weighted by Crippen LogP contribution is -2.29. The van der Waals surface area contributed by atoms with Gasteiger partial charge in [-0.1, -0.05) is 32.5 Å². The fourth-order valence-electron chi connectivity index (χ4n) is 3.40. The molecule has 10 nitrogen and oxygen atoms in total. The third kappa shape index (κ3) is 4.58. The van der Waals surface area contributed by atoms with Crippen LogP contribution in [0.1, 0.15) is 32.2 Å². The van der Waals surface area contributed by atoms with E-state index in [9.17, 15) is 9.18 Å². The summed E-state index contributed by atoms with van der Waals surface area (Å²) in [5.74, 6) is 0.312. The monoisotopic (exact) mass is 466 g/mol. The maximum absolute atomic E-state index is 14.2. The van der Waals surface area contributed by atoms with E-state index >= 15 is 0 Å². The average molecular weight is 467 g/mol. The number of nitrogens with two attached hydrogens (primary N) is 2. The second kappa shape index (κ2) is 10.1. The van der Waals surface area contributed by atoms with E-state index in [1.165, 1.54) is 18.0 Å². The van der Waals surface area contributed by atoms with E-state index in [0.29, 0.717) is 29.0 Å². The number of ether oxygens (including phenoxy) is 1. The minimum atomic E-state index is -0.615. The van der Waals surface area contributed by atoms with E-state index in [1.807, 2.05) is 6.92 Å². The highest BCUT2D eigenvalue weighted by atomic mass is 19.1. The number of anilines is 3. The van der Waals surface area contributed by atoms with Crippen LogP contribution in [0.5, 0.6) is 0 Å². The first-order valence-electron chi connectivity index (χ1n) is 10.3. The summed E-state index contributed by atoms with van der Waals surface area (Å²) in [6.07, 6.45) is 1.87. The zero-order valence-corrected chi connectivity index (χ0v) is 18.2. The molecule has 0 aliphatic carbocycles. The summed E-state index contributed by atoms with van der Waals surface area (Å²) < 4.78 is 20.9. The molecule has 0 atom stereocenters. The van der Waals surface area contributed by atoms with Gasteiger partial charge in [0.05, 0.1) is 12.1 Å². The SMILES string of the molecule is C.CCCOC(=O)N(C)c1c(N)nc(-c2nc(Cc3ccccc3F)n3ncccc23)nc1N. The second-order valence-electron chi connectivity index (χ2n) is 7.31. The first-order valence-corrected chi connectivity index (χ1v) is 10.3. The standard InChI is InChI=1S/C22H23FN8O2.CH4/c1-3-11-33-22(32)30(2)18-19(24)28-21(29-20(18)25)17-15-9-6-10-26-31(15)16(27-17)12-13-7-4-5-8-14(13)23;/h4-10H,3,11-12H2,1-2H3,(H4,24,25,28,29);1H4. The molecule has 1 aromatic carbocycles. The van der Waals surface area contributed by atoms with Crippen molar-refractivity contribution >= 4 is 28.9 Å². The fraction of sp³-hybridized carbons (Fsp3) is 0.261. The smallest absolute Gasteiger partial charge is 0.414 e. The Kier molecular flexibility index (Phi) is 7.24. The Hall–Kier alpha value is -4.28. The number of carbonyl (C=O) groups excluding carboxylic acids is 1. The lowest BCUT2D eigenvalue weighted by molar-refractivity contribution is 0.155. The van der Waals surface area contributed by atoms with Gasteiger partial charge in [0.1, 0.15) is 23.0 Å². The van der Waals surface area contributed by atoms with Crippen LogP contribution in [0.25, 0.3) is 17.0 Å². The van der Waals surface area contributed by atoms with E-state index in [0.717, 1.165) is 0 Å². The van der Waals surface area contributed by atoms with Gasteiger partial charge in [0.2, 0.25) is 0 Å². The molecular weight excluding hydrogens is 439 g/mol. The molecule has 11 heteroatoms. The molecule has 3 aromatic heterocycles. The van der Waals surface area contributed by atoms with Crippen molar-refractivity contribution in [3.8, 4) is 11.5 Å². The van der Waals surface area contributed by atoms with Crippen LogP contribution in [-0.2, 0) is 11.2 Å². The molecule has 0 aliphatic heterocycles. The van der Waals surface area contributed by atoms with Gasteiger partial charge in [0.25, 0.3) is 0 Å². The van der Waals surface area contributed by atoms with Crippen LogP contribution >= 0.6 is 0 Å². The first kappa shape index (κ1) is 24.4. The van der Waals surface area contributed by atoms with Crippen LogP contribution in [0.2, 0.25) is 0 Å². The molecule has 3 heterocycles. The van der Waals surface area contributed by atoms with E-state index in [4.69, 9.17) is 16.2 Å². The number of nitrogen functional groups attached to an aromatic ring is 2. The number of fused-ring (bicyclic) bond motifs is 1. The number of hydrogen-bond donors (Lipinski definition) is 2. The highest BCUT2D eigenvalue weighted by Crippen LogP contribution is 2.31. The van der Waals surface area contributed by atoms with Crippen LogP contribution in [0, 0.1) is 5.82 Å². The second-order valence-corrected chi connectivity index (χ2v) is 7.31. The maximum Gasteiger partial charge on any atom is 0.414 e. The molecule has 4 N–H and O–H groups in total. The number of nitrogens with zero attached hydrogens (tertiary/aromatic N) is 6. The molecule has 0 spiro atoms. The van der Waals surface area contributed by atoms with Gasteiger partial charge < -0.3 is 16.2 Å². The lowest BCUT2D eigenvalue weighted by Gasteiger charge is -2.19. The number of rotatable bonds is 6. The van der Waals surface area contributed by atoms with E-state index in [1.54, 1.807) is 41.0 Å². The van der Waals surface area contributed by atoms with Gasteiger partial charge in [-0.2, -0.15) is 5.10 Å². The Labute approximate surface area is 196 Å². The van der Waals surface area contributed by atoms with Crippen molar-refractivity contribution in [3.63, 3.8) is 0 Å². The summed E-state index contributed by atoms with van der Waals surface area (Å²) in [6.45, 7) is 2.15. The molecule has 4 rings (SSSR count). The quantitative estimate of drug-likeness (QED) is 0.439. The number of hydrogen-bond acceptors (Lipinski definition) is 8. The number of halogens is 1. The molecule has 1 amide bonds. The topological polar surface area (TPSA) is 138 Å². The molecule has 0 fully saturated rings. The van der Waals surface area contributed by atoms with Crippen molar-refractivity contribution in [3.05, 3.63) is 59.8 Å². The Morgan fingerprint density at radius 3 is 2.50 bits per heavy atom. The van der Waals surface area contributed by atoms with Gasteiger partial charge in [-0.25, -0.2) is 28.7 Å². The molecule has 4 aromatic rings. The predicted octanol–water partition coefficient (Wildman–Crippen LogP) is 3.70. The van der Waals surface area contributed by atoms with Crippen LogP contribution in [0.15, 0.2) is 42.6 Å². The largest absolute Gasteiger partial charge is 0.449 e. The minimum absolute atomic E-state index is 0. The first-order chi connectivity index (χ1) is 15.9. The molecule has 0 aliphatic rings. The predicted molar refractivity (Wildman–Crippen MR) is 129 cm³/mol. The summed E-state index contributed by atoms with van der Waals surface area (Å²) in [5, 5.41) is 4.34. The van der Waals surface area contributed by atoms with Gasteiger partial charge in [0, 0.05) is 19.7 Å². The maximum atomic E-state index is 14.2. The third-order valence-electron chi connectivity index (χ3n) is 4.97. The van der Waals surface area contributed by atoms with E-state index in [-0.39, 0.29) is 49.4 Å². The molecule has 0 saturated heterocycles. The molecule has 0 unspecified atom stereocenters. The van der Waals surface area contributed by atoms with E-state index in [2.05, 4.69) is 20.1 Å². The summed E-state index contributed by atoms with van der Waals surface area (Å²) in [5.41, 5.74) is 13.9. The summed E-state index contributed by atoms with van der Waals surface area (Å²) in [6, 6.07) is 10.00. The summed E-state index contributed by atoms with van der Waals surface area (Å²) in [4.78, 5) is 26.7. The number of benzene rings is 1. The van der Waals surface area contributed by atoms with Crippen molar-refractivity contribution < 1.29 is 13.9 Å². The fourth-order valence-corrected chi connectivity index (χ4v) is 3.40. The zero-order valence-electron chi connectivity index (χ0n) is 18.2. The number of amides is 1. The van der Waals surface area contributed by atoms with Crippen LogP contribution in [0.4, 0.5) is 26.5 Å². The van der Waals surface area contributed by atoms with Crippen LogP contribution in [0.3, 0.4) is 0 Å². The Balaban J connectivity index is 0.00000324. The summed E-state index contributed by atoms with van der Waals surface area (Å²) in [7, 11) is 1.48. The molecule has 0 bridgehead atoms. The third-order valence-corrected chi connectivity index (χ3v) is 4.97. The molecule has 0 saturated carbocycles. The van der Waals surface area contributed by atoms with Crippen molar-refractivity contribution in [1.82, 2.24) is 24.6 Å². The van der Waals surface area contributed by atoms with Gasteiger partial charge in [0.15, 0.2) is 17.5 Å². The minimum Gasteiger partial charge on any atom is -0.449 e. The number of imidazole rings is 1. The van der Waals surface area contributed by atoms with Gasteiger partial charge in [-0.3, -0.25) is 4.90 Å². The van der Waals surface area contributed by atoms with E-state index < -0.39 is 6.09 Å². The van der Waals surface area contributed by atoms with Crippen LogP contribution in [-0.4, -0.2) is 44.3 Å². The molecule has 0 radical (unpaired) electrons. The van der Waals surface area contributed by atoms with Crippen molar-refractivity contribution in [1.29, 1.82) is 0 Å².